The van der Waals surface area contributed by atoms with Crippen LogP contribution in [0.25, 0.3) is 0 Å². The number of benzene rings is 2. The molecule has 3 heteroatoms. The second-order valence-electron chi connectivity index (χ2n) is 4.26. The van der Waals surface area contributed by atoms with E-state index in [9.17, 15) is 5.11 Å². The third kappa shape index (κ3) is 3.12. The van der Waals surface area contributed by atoms with Gasteiger partial charge in [-0.15, -0.1) is 0 Å². The van der Waals surface area contributed by atoms with Gasteiger partial charge in [-0.05, 0) is 55.3 Å². The topological polar surface area (TPSA) is 29.5 Å². The molecule has 0 bridgehead atoms. The van der Waals surface area contributed by atoms with Crippen LogP contribution in [0, 0.1) is 6.92 Å². The summed E-state index contributed by atoms with van der Waals surface area (Å²) >= 11 is 3.42. The van der Waals surface area contributed by atoms with Gasteiger partial charge in [0.15, 0.2) is 0 Å². The number of hydrogen-bond acceptors (Lipinski definition) is 2. The van der Waals surface area contributed by atoms with Gasteiger partial charge >= 0.3 is 0 Å². The van der Waals surface area contributed by atoms with E-state index in [1.54, 1.807) is 6.92 Å². The Morgan fingerprint density at radius 1 is 1.11 bits per heavy atom. The number of ether oxygens (including phenoxy) is 1. The highest BCUT2D eigenvalue weighted by Gasteiger charge is 2.04. The fourth-order valence-corrected chi connectivity index (χ4v) is 2.14. The van der Waals surface area contributed by atoms with Crippen LogP contribution in [-0.2, 0) is 0 Å². The van der Waals surface area contributed by atoms with Gasteiger partial charge in [0.25, 0.3) is 0 Å². The van der Waals surface area contributed by atoms with E-state index < -0.39 is 6.10 Å². The summed E-state index contributed by atoms with van der Waals surface area (Å²) in [6.45, 7) is 3.75. The predicted octanol–water partition coefficient (Wildman–Crippen LogP) is 4.60. The van der Waals surface area contributed by atoms with Crippen LogP contribution >= 0.6 is 15.9 Å². The monoisotopic (exact) mass is 306 g/mol. The molecule has 0 spiro atoms. The van der Waals surface area contributed by atoms with E-state index in [4.69, 9.17) is 4.74 Å². The largest absolute Gasteiger partial charge is 0.457 e. The lowest BCUT2D eigenvalue weighted by Crippen LogP contribution is -1.91. The fraction of sp³-hybridized carbons (Fsp3) is 0.200. The van der Waals surface area contributed by atoms with Crippen molar-refractivity contribution < 1.29 is 9.84 Å². The molecule has 1 atom stereocenters. The molecule has 2 nitrogen and oxygen atoms in total. The third-order valence-corrected chi connectivity index (χ3v) is 3.22. The number of hydrogen-bond donors (Lipinski definition) is 1. The van der Waals surface area contributed by atoms with Crippen LogP contribution in [0.4, 0.5) is 0 Å². The Balaban J connectivity index is 2.18. The zero-order valence-electron chi connectivity index (χ0n) is 10.4. The molecule has 0 radical (unpaired) electrons. The van der Waals surface area contributed by atoms with Gasteiger partial charge in [-0.2, -0.15) is 0 Å². The lowest BCUT2D eigenvalue weighted by Gasteiger charge is -2.10. The van der Waals surface area contributed by atoms with E-state index in [-0.39, 0.29) is 0 Å². The normalized spacial score (nSPS) is 12.2. The zero-order valence-corrected chi connectivity index (χ0v) is 11.9. The first-order chi connectivity index (χ1) is 8.56. The quantitative estimate of drug-likeness (QED) is 0.897. The summed E-state index contributed by atoms with van der Waals surface area (Å²) in [5.41, 5.74) is 1.96. The average molecular weight is 307 g/mol. The molecular weight excluding hydrogens is 292 g/mol. The summed E-state index contributed by atoms with van der Waals surface area (Å²) in [4.78, 5) is 0. The molecule has 2 rings (SSSR count). The summed E-state index contributed by atoms with van der Waals surface area (Å²) in [5, 5.41) is 9.43. The van der Waals surface area contributed by atoms with E-state index in [0.717, 1.165) is 27.1 Å². The molecule has 0 aliphatic rings. The highest BCUT2D eigenvalue weighted by atomic mass is 79.9. The van der Waals surface area contributed by atoms with Gasteiger partial charge in [0.2, 0.25) is 0 Å². The van der Waals surface area contributed by atoms with E-state index in [1.165, 1.54) is 0 Å². The van der Waals surface area contributed by atoms with Crippen LogP contribution in [-0.4, -0.2) is 5.11 Å². The second-order valence-corrected chi connectivity index (χ2v) is 5.17. The molecule has 2 aromatic rings. The summed E-state index contributed by atoms with van der Waals surface area (Å²) in [7, 11) is 0. The average Bonchev–Trinajstić information content (AvgIpc) is 2.33. The lowest BCUT2D eigenvalue weighted by molar-refractivity contribution is 0.199. The van der Waals surface area contributed by atoms with Crippen LogP contribution in [0.2, 0.25) is 0 Å². The third-order valence-electron chi connectivity index (χ3n) is 2.73. The molecule has 0 aliphatic carbocycles. The maximum absolute atomic E-state index is 9.43. The number of rotatable bonds is 3. The molecule has 0 unspecified atom stereocenters. The lowest BCUT2D eigenvalue weighted by atomic mass is 10.1. The fourth-order valence-electron chi connectivity index (χ4n) is 1.67. The Bertz CT molecular complexity index is 533. The zero-order chi connectivity index (χ0) is 13.1. The van der Waals surface area contributed by atoms with Gasteiger partial charge in [0.1, 0.15) is 11.5 Å². The predicted molar refractivity (Wildman–Crippen MR) is 76.0 cm³/mol. The van der Waals surface area contributed by atoms with Crippen LogP contribution in [0.3, 0.4) is 0 Å². The first kappa shape index (κ1) is 13.1. The van der Waals surface area contributed by atoms with E-state index in [1.807, 2.05) is 49.4 Å². The van der Waals surface area contributed by atoms with Crippen LogP contribution in [0.5, 0.6) is 11.5 Å². The Morgan fingerprint density at radius 3 is 2.33 bits per heavy atom. The highest BCUT2D eigenvalue weighted by Crippen LogP contribution is 2.28. The second kappa shape index (κ2) is 5.55. The Kier molecular flexibility index (Phi) is 4.04. The van der Waals surface area contributed by atoms with Gasteiger partial charge in [-0.3, -0.25) is 0 Å². The first-order valence-electron chi connectivity index (χ1n) is 5.78. The van der Waals surface area contributed by atoms with E-state index in [0.29, 0.717) is 0 Å². The Morgan fingerprint density at radius 2 is 1.78 bits per heavy atom. The summed E-state index contributed by atoms with van der Waals surface area (Å²) in [6.07, 6.45) is -0.450. The van der Waals surface area contributed by atoms with E-state index >= 15 is 0 Å². The molecule has 18 heavy (non-hydrogen) atoms. The van der Waals surface area contributed by atoms with Gasteiger partial charge in [0, 0.05) is 4.47 Å². The van der Waals surface area contributed by atoms with Crippen LogP contribution in [0.1, 0.15) is 24.2 Å². The van der Waals surface area contributed by atoms with Gasteiger partial charge in [-0.1, -0.05) is 28.1 Å². The Hall–Kier alpha value is -1.32. The molecule has 94 valence electrons. The number of aliphatic hydroxyl groups excluding tert-OH is 1. The van der Waals surface area contributed by atoms with Crippen molar-refractivity contribution in [3.8, 4) is 11.5 Å². The highest BCUT2D eigenvalue weighted by molar-refractivity contribution is 9.10. The van der Waals surface area contributed by atoms with Crippen molar-refractivity contribution in [1.82, 2.24) is 0 Å². The van der Waals surface area contributed by atoms with Crippen molar-refractivity contribution in [3.05, 3.63) is 58.1 Å². The van der Waals surface area contributed by atoms with Crippen molar-refractivity contribution in [2.45, 2.75) is 20.0 Å². The molecule has 1 N–H and O–H groups in total. The minimum Gasteiger partial charge on any atom is -0.457 e. The molecule has 2 aromatic carbocycles. The first-order valence-corrected chi connectivity index (χ1v) is 6.57. The maximum Gasteiger partial charge on any atom is 0.130 e. The van der Waals surface area contributed by atoms with Crippen molar-refractivity contribution in [2.24, 2.45) is 0 Å². The molecule has 0 saturated heterocycles. The summed E-state index contributed by atoms with van der Waals surface area (Å²) in [5.74, 6) is 1.60. The molecule has 0 saturated carbocycles. The van der Waals surface area contributed by atoms with Crippen molar-refractivity contribution in [1.29, 1.82) is 0 Å². The minimum atomic E-state index is -0.450. The molecule has 0 aliphatic heterocycles. The van der Waals surface area contributed by atoms with Crippen molar-refractivity contribution in [3.63, 3.8) is 0 Å². The van der Waals surface area contributed by atoms with Gasteiger partial charge in [-0.25, -0.2) is 0 Å². The van der Waals surface area contributed by atoms with E-state index in [2.05, 4.69) is 15.9 Å². The summed E-state index contributed by atoms with van der Waals surface area (Å²) in [6, 6.07) is 13.4. The van der Waals surface area contributed by atoms with Crippen molar-refractivity contribution in [2.75, 3.05) is 0 Å². The smallest absolute Gasteiger partial charge is 0.130 e. The number of halogens is 1. The summed E-state index contributed by atoms with van der Waals surface area (Å²) < 4.78 is 6.84. The minimum absolute atomic E-state index is 0.450. The van der Waals surface area contributed by atoms with Crippen LogP contribution in [0.15, 0.2) is 46.9 Å². The van der Waals surface area contributed by atoms with Gasteiger partial charge in [0.05, 0.1) is 6.10 Å². The molecule has 0 fully saturated rings. The molecule has 0 heterocycles. The molecule has 0 aromatic heterocycles. The maximum atomic E-state index is 9.43. The number of aliphatic hydroxyl groups is 1. The van der Waals surface area contributed by atoms with Crippen LogP contribution < -0.4 is 4.74 Å². The standard InChI is InChI=1S/C15H15BrO2/c1-10-9-13(16)5-8-15(10)18-14-6-3-12(4-7-14)11(2)17/h3-9,11,17H,1-2H3/t11-/m1/s1. The molecule has 0 amide bonds. The SMILES string of the molecule is Cc1cc(Br)ccc1Oc1ccc([C@@H](C)O)cc1. The van der Waals surface area contributed by atoms with Crippen molar-refractivity contribution >= 4 is 15.9 Å². The van der Waals surface area contributed by atoms with Gasteiger partial charge < -0.3 is 9.84 Å². The molecular formula is C15H15BrO2. The Labute approximate surface area is 115 Å². The number of aryl methyl sites for hydroxylation is 1.